The summed E-state index contributed by atoms with van der Waals surface area (Å²) < 4.78 is 5.89. The van der Waals surface area contributed by atoms with Crippen LogP contribution in [0.5, 0.6) is 11.5 Å². The van der Waals surface area contributed by atoms with Gasteiger partial charge in [-0.1, -0.05) is 25.5 Å². The molecular weight excluding hydrogens is 400 g/mol. The summed E-state index contributed by atoms with van der Waals surface area (Å²) >= 11 is 1.72. The Hall–Kier alpha value is -2.02. The minimum atomic E-state index is -0.535. The molecule has 0 spiro atoms. The van der Waals surface area contributed by atoms with Gasteiger partial charge in [-0.3, -0.25) is 4.79 Å². The zero-order valence-corrected chi connectivity index (χ0v) is 18.6. The molecule has 0 aliphatic carbocycles. The quantitative estimate of drug-likeness (QED) is 0.237. The molecular formula is C24H32O5S. The second-order valence-electron chi connectivity index (χ2n) is 7.25. The maximum absolute atomic E-state index is 11.6. The van der Waals surface area contributed by atoms with Gasteiger partial charge in [0.2, 0.25) is 0 Å². The molecule has 0 fully saturated rings. The molecule has 2 aromatic carbocycles. The standard InChI is InChI=1S/C24H32O5S/c1-3-6-21-23(13-12-20(17(2)26)24(21)28)29-15-5-16-30-19-10-8-18(9-11-19)22(27)7-4-14-25/h8-13,22,25,27-28H,3-7,14-16H2,1-2H3. The number of phenols is 1. The van der Waals surface area contributed by atoms with Crippen LogP contribution in [0.15, 0.2) is 41.3 Å². The van der Waals surface area contributed by atoms with Gasteiger partial charge < -0.3 is 20.1 Å². The fourth-order valence-electron chi connectivity index (χ4n) is 3.20. The van der Waals surface area contributed by atoms with Crippen molar-refractivity contribution in [2.45, 2.75) is 57.0 Å². The van der Waals surface area contributed by atoms with Gasteiger partial charge in [0.25, 0.3) is 0 Å². The average molecular weight is 433 g/mol. The molecule has 3 N–H and O–H groups in total. The molecule has 0 aliphatic rings. The number of benzene rings is 2. The smallest absolute Gasteiger partial charge is 0.163 e. The van der Waals surface area contributed by atoms with E-state index in [1.807, 2.05) is 31.2 Å². The van der Waals surface area contributed by atoms with E-state index < -0.39 is 6.10 Å². The summed E-state index contributed by atoms with van der Waals surface area (Å²) in [6.07, 6.45) is 2.97. The summed E-state index contributed by atoms with van der Waals surface area (Å²) in [4.78, 5) is 12.8. The minimum absolute atomic E-state index is 0.0393. The van der Waals surface area contributed by atoms with Gasteiger partial charge in [-0.2, -0.15) is 0 Å². The number of aromatic hydroxyl groups is 1. The van der Waals surface area contributed by atoms with Crippen molar-refractivity contribution in [1.29, 1.82) is 0 Å². The number of carbonyl (C=O) groups excluding carboxylic acids is 1. The molecule has 1 atom stereocenters. The van der Waals surface area contributed by atoms with Gasteiger partial charge in [-0.15, -0.1) is 11.8 Å². The molecule has 0 heterocycles. The number of thioether (sulfide) groups is 1. The first-order valence-electron chi connectivity index (χ1n) is 10.5. The van der Waals surface area contributed by atoms with E-state index in [4.69, 9.17) is 9.84 Å². The molecule has 0 aliphatic heterocycles. The number of ether oxygens (including phenoxy) is 1. The Morgan fingerprint density at radius 3 is 2.50 bits per heavy atom. The van der Waals surface area contributed by atoms with Gasteiger partial charge in [-0.25, -0.2) is 0 Å². The summed E-state index contributed by atoms with van der Waals surface area (Å²) in [5.74, 6) is 1.41. The lowest BCUT2D eigenvalue weighted by Crippen LogP contribution is -2.04. The second kappa shape index (κ2) is 12.6. The van der Waals surface area contributed by atoms with Crippen LogP contribution in [0.3, 0.4) is 0 Å². The molecule has 0 bridgehead atoms. The van der Waals surface area contributed by atoms with Crippen molar-refractivity contribution in [3.8, 4) is 11.5 Å². The van der Waals surface area contributed by atoms with Crippen LogP contribution in [-0.4, -0.2) is 40.1 Å². The van der Waals surface area contributed by atoms with E-state index in [1.54, 1.807) is 23.9 Å². The van der Waals surface area contributed by atoms with E-state index in [-0.39, 0.29) is 18.1 Å². The monoisotopic (exact) mass is 432 g/mol. The van der Waals surface area contributed by atoms with Crippen LogP contribution >= 0.6 is 11.8 Å². The molecule has 0 amide bonds. The molecule has 0 aromatic heterocycles. The highest BCUT2D eigenvalue weighted by Crippen LogP contribution is 2.33. The van der Waals surface area contributed by atoms with E-state index in [0.717, 1.165) is 29.1 Å². The number of aliphatic hydroxyl groups excluding tert-OH is 2. The normalized spacial score (nSPS) is 12.0. The number of ketones is 1. The van der Waals surface area contributed by atoms with Crippen molar-refractivity contribution >= 4 is 17.5 Å². The van der Waals surface area contributed by atoms with Crippen LogP contribution in [0.1, 0.15) is 67.1 Å². The minimum Gasteiger partial charge on any atom is -0.507 e. The first kappa shape index (κ1) is 24.3. The zero-order valence-electron chi connectivity index (χ0n) is 17.8. The van der Waals surface area contributed by atoms with Crippen LogP contribution in [0.25, 0.3) is 0 Å². The molecule has 164 valence electrons. The molecule has 6 heteroatoms. The Labute approximate surface area is 183 Å². The van der Waals surface area contributed by atoms with E-state index in [9.17, 15) is 15.0 Å². The Kier molecular flexibility index (Phi) is 10.2. The highest BCUT2D eigenvalue weighted by atomic mass is 32.2. The first-order valence-corrected chi connectivity index (χ1v) is 11.5. The molecule has 0 saturated heterocycles. The highest BCUT2D eigenvalue weighted by molar-refractivity contribution is 7.99. The summed E-state index contributed by atoms with van der Waals surface area (Å²) in [6, 6.07) is 11.3. The molecule has 0 radical (unpaired) electrons. The fourth-order valence-corrected chi connectivity index (χ4v) is 4.02. The van der Waals surface area contributed by atoms with E-state index in [1.165, 1.54) is 6.92 Å². The number of hydrogen-bond acceptors (Lipinski definition) is 6. The van der Waals surface area contributed by atoms with Crippen molar-refractivity contribution in [2.75, 3.05) is 19.0 Å². The van der Waals surface area contributed by atoms with E-state index in [0.29, 0.717) is 42.7 Å². The van der Waals surface area contributed by atoms with Crippen molar-refractivity contribution < 1.29 is 24.9 Å². The van der Waals surface area contributed by atoms with Gasteiger partial charge in [0, 0.05) is 22.8 Å². The maximum Gasteiger partial charge on any atom is 0.163 e. The zero-order chi connectivity index (χ0) is 21.9. The number of aliphatic hydroxyl groups is 2. The van der Waals surface area contributed by atoms with Crippen LogP contribution < -0.4 is 4.74 Å². The SMILES string of the molecule is CCCc1c(OCCCSc2ccc(C(O)CCCO)cc2)ccc(C(C)=O)c1O. The molecule has 0 saturated carbocycles. The van der Waals surface area contributed by atoms with Crippen molar-refractivity contribution in [3.05, 3.63) is 53.1 Å². The second-order valence-corrected chi connectivity index (χ2v) is 8.41. The molecule has 1 unspecified atom stereocenters. The predicted octanol–water partition coefficient (Wildman–Crippen LogP) is 4.91. The predicted molar refractivity (Wildman–Crippen MR) is 121 cm³/mol. The lowest BCUT2D eigenvalue weighted by Gasteiger charge is -2.14. The number of carbonyl (C=O) groups is 1. The third-order valence-electron chi connectivity index (χ3n) is 4.83. The third-order valence-corrected chi connectivity index (χ3v) is 5.93. The fraction of sp³-hybridized carbons (Fsp3) is 0.458. The van der Waals surface area contributed by atoms with Crippen LogP contribution in [0.2, 0.25) is 0 Å². The van der Waals surface area contributed by atoms with Crippen molar-refractivity contribution in [3.63, 3.8) is 0 Å². The summed E-state index contributed by atoms with van der Waals surface area (Å²) in [6.45, 7) is 4.09. The average Bonchev–Trinajstić information content (AvgIpc) is 2.74. The number of Topliss-reactive ketones (excluding diaryl/α,β-unsaturated/α-hetero) is 1. The summed E-state index contributed by atoms with van der Waals surface area (Å²) in [5.41, 5.74) is 1.91. The number of phenolic OH excluding ortho intramolecular Hbond substituents is 1. The van der Waals surface area contributed by atoms with Crippen LogP contribution in [0.4, 0.5) is 0 Å². The number of rotatable bonds is 13. The highest BCUT2D eigenvalue weighted by Gasteiger charge is 2.15. The first-order chi connectivity index (χ1) is 14.5. The maximum atomic E-state index is 11.6. The molecule has 2 aromatic rings. The van der Waals surface area contributed by atoms with Crippen LogP contribution in [-0.2, 0) is 6.42 Å². The largest absolute Gasteiger partial charge is 0.507 e. The van der Waals surface area contributed by atoms with E-state index >= 15 is 0 Å². The van der Waals surface area contributed by atoms with Gasteiger partial charge >= 0.3 is 0 Å². The third kappa shape index (κ3) is 7.04. The summed E-state index contributed by atoms with van der Waals surface area (Å²) in [7, 11) is 0. The van der Waals surface area contributed by atoms with E-state index in [2.05, 4.69) is 0 Å². The molecule has 5 nitrogen and oxygen atoms in total. The summed E-state index contributed by atoms with van der Waals surface area (Å²) in [5, 5.41) is 29.3. The van der Waals surface area contributed by atoms with Gasteiger partial charge in [0.15, 0.2) is 5.78 Å². The Morgan fingerprint density at radius 1 is 1.13 bits per heavy atom. The molecule has 2 rings (SSSR count). The Morgan fingerprint density at radius 2 is 1.87 bits per heavy atom. The van der Waals surface area contributed by atoms with Crippen molar-refractivity contribution in [2.24, 2.45) is 0 Å². The Bertz CT molecular complexity index is 804. The lowest BCUT2D eigenvalue weighted by atomic mass is 10.0. The lowest BCUT2D eigenvalue weighted by molar-refractivity contribution is 0.101. The Balaban J connectivity index is 1.83. The number of hydrogen-bond donors (Lipinski definition) is 3. The topological polar surface area (TPSA) is 87.0 Å². The van der Waals surface area contributed by atoms with Gasteiger partial charge in [0.05, 0.1) is 18.3 Å². The molecule has 30 heavy (non-hydrogen) atoms. The van der Waals surface area contributed by atoms with Gasteiger partial charge in [0.1, 0.15) is 11.5 Å². The van der Waals surface area contributed by atoms with Crippen LogP contribution in [0, 0.1) is 0 Å². The van der Waals surface area contributed by atoms with Gasteiger partial charge in [-0.05, 0) is 62.4 Å². The van der Waals surface area contributed by atoms with Crippen molar-refractivity contribution in [1.82, 2.24) is 0 Å².